The van der Waals surface area contributed by atoms with E-state index in [4.69, 9.17) is 0 Å². The van der Waals surface area contributed by atoms with Crippen molar-refractivity contribution in [3.8, 4) is 0 Å². The lowest BCUT2D eigenvalue weighted by molar-refractivity contribution is -0.116. The number of carbonyl (C=O) groups is 1. The maximum Gasteiger partial charge on any atom is 0.225 e. The lowest BCUT2D eigenvalue weighted by Crippen LogP contribution is -2.22. The number of aryl methyl sites for hydroxylation is 3. The Hall–Kier alpha value is -2.13. The van der Waals surface area contributed by atoms with E-state index in [0.717, 1.165) is 23.4 Å². The van der Waals surface area contributed by atoms with Gasteiger partial charge in [-0.3, -0.25) is 4.79 Å². The lowest BCUT2D eigenvalue weighted by atomic mass is 10.1. The minimum atomic E-state index is 0.0515. The standard InChI is InChI=1S/C19H24N2O/c1-14-11-15(2)19(16(3)12-14)21-18(22)9-10-20-13-17-7-5-4-6-8-17/h4-8,11-12,20H,9-10,13H2,1-3H3,(H,21,22). The molecule has 0 saturated carbocycles. The maximum atomic E-state index is 12.1. The fraction of sp³-hybridized carbons (Fsp3) is 0.316. The van der Waals surface area contributed by atoms with E-state index in [1.54, 1.807) is 0 Å². The summed E-state index contributed by atoms with van der Waals surface area (Å²) in [5.41, 5.74) is 5.62. The van der Waals surface area contributed by atoms with Crippen molar-refractivity contribution in [2.24, 2.45) is 0 Å². The highest BCUT2D eigenvalue weighted by Gasteiger charge is 2.07. The number of anilines is 1. The SMILES string of the molecule is Cc1cc(C)c(NC(=O)CCNCc2ccccc2)c(C)c1. The summed E-state index contributed by atoms with van der Waals surface area (Å²) >= 11 is 0. The van der Waals surface area contributed by atoms with Crippen LogP contribution in [-0.2, 0) is 11.3 Å². The molecule has 0 atom stereocenters. The van der Waals surface area contributed by atoms with Crippen LogP contribution in [0.25, 0.3) is 0 Å². The van der Waals surface area contributed by atoms with E-state index in [2.05, 4.69) is 41.8 Å². The van der Waals surface area contributed by atoms with Crippen molar-refractivity contribution < 1.29 is 4.79 Å². The highest BCUT2D eigenvalue weighted by atomic mass is 16.1. The summed E-state index contributed by atoms with van der Waals surface area (Å²) in [6.07, 6.45) is 0.472. The summed E-state index contributed by atoms with van der Waals surface area (Å²) in [6.45, 7) is 7.59. The number of hydrogen-bond acceptors (Lipinski definition) is 2. The van der Waals surface area contributed by atoms with Gasteiger partial charge in [0, 0.05) is 25.2 Å². The first-order valence-electron chi connectivity index (χ1n) is 7.68. The minimum absolute atomic E-state index is 0.0515. The third-order valence-electron chi connectivity index (χ3n) is 3.64. The van der Waals surface area contributed by atoms with Gasteiger partial charge in [0.15, 0.2) is 0 Å². The van der Waals surface area contributed by atoms with Gasteiger partial charge in [0.05, 0.1) is 0 Å². The summed E-state index contributed by atoms with van der Waals surface area (Å²) in [4.78, 5) is 12.1. The van der Waals surface area contributed by atoms with Crippen LogP contribution in [0.15, 0.2) is 42.5 Å². The van der Waals surface area contributed by atoms with Crippen LogP contribution in [0.2, 0.25) is 0 Å². The fourth-order valence-corrected chi connectivity index (χ4v) is 2.61. The number of nitrogens with one attached hydrogen (secondary N) is 2. The first-order valence-corrected chi connectivity index (χ1v) is 7.68. The van der Waals surface area contributed by atoms with E-state index < -0.39 is 0 Å². The van der Waals surface area contributed by atoms with Crippen LogP contribution >= 0.6 is 0 Å². The predicted octanol–water partition coefficient (Wildman–Crippen LogP) is 3.73. The zero-order chi connectivity index (χ0) is 15.9. The molecule has 2 aromatic carbocycles. The van der Waals surface area contributed by atoms with E-state index in [1.165, 1.54) is 11.1 Å². The van der Waals surface area contributed by atoms with E-state index in [1.807, 2.05) is 32.0 Å². The van der Waals surface area contributed by atoms with E-state index in [-0.39, 0.29) is 5.91 Å². The number of hydrogen-bond donors (Lipinski definition) is 2. The van der Waals surface area contributed by atoms with Gasteiger partial charge in [-0.05, 0) is 37.5 Å². The first kappa shape index (κ1) is 16.2. The smallest absolute Gasteiger partial charge is 0.225 e. The largest absolute Gasteiger partial charge is 0.326 e. The molecule has 0 aliphatic heterocycles. The Morgan fingerprint density at radius 3 is 2.27 bits per heavy atom. The van der Waals surface area contributed by atoms with Gasteiger partial charge < -0.3 is 10.6 Å². The molecule has 0 fully saturated rings. The predicted molar refractivity (Wildman–Crippen MR) is 92.0 cm³/mol. The molecule has 2 aromatic rings. The minimum Gasteiger partial charge on any atom is -0.326 e. The molecule has 1 amide bonds. The Morgan fingerprint density at radius 1 is 1.00 bits per heavy atom. The molecular weight excluding hydrogens is 272 g/mol. The second kappa shape index (κ2) is 7.76. The van der Waals surface area contributed by atoms with Crippen molar-refractivity contribution in [2.45, 2.75) is 33.7 Å². The summed E-state index contributed by atoms with van der Waals surface area (Å²) in [5, 5.41) is 6.32. The van der Waals surface area contributed by atoms with Crippen LogP contribution in [0.1, 0.15) is 28.7 Å². The van der Waals surface area contributed by atoms with Crippen LogP contribution in [0, 0.1) is 20.8 Å². The molecule has 116 valence electrons. The molecule has 2 rings (SSSR count). The Balaban J connectivity index is 1.79. The number of amides is 1. The quantitative estimate of drug-likeness (QED) is 0.798. The molecule has 0 saturated heterocycles. The van der Waals surface area contributed by atoms with Gasteiger partial charge in [0.2, 0.25) is 5.91 Å². The average Bonchev–Trinajstić information content (AvgIpc) is 2.48. The Labute approximate surface area is 132 Å². The van der Waals surface area contributed by atoms with Crippen LogP contribution in [-0.4, -0.2) is 12.5 Å². The van der Waals surface area contributed by atoms with Crippen molar-refractivity contribution in [3.05, 3.63) is 64.7 Å². The molecule has 0 radical (unpaired) electrons. The third kappa shape index (κ3) is 4.71. The number of rotatable bonds is 6. The normalized spacial score (nSPS) is 10.5. The third-order valence-corrected chi connectivity index (χ3v) is 3.64. The van der Waals surface area contributed by atoms with Gasteiger partial charge in [-0.15, -0.1) is 0 Å². The molecule has 0 spiro atoms. The zero-order valence-corrected chi connectivity index (χ0v) is 13.6. The molecule has 3 nitrogen and oxygen atoms in total. The van der Waals surface area contributed by atoms with Crippen LogP contribution in [0.4, 0.5) is 5.69 Å². The second-order valence-corrected chi connectivity index (χ2v) is 5.73. The van der Waals surface area contributed by atoms with E-state index in [9.17, 15) is 4.79 Å². The molecule has 0 unspecified atom stereocenters. The summed E-state index contributed by atoms with van der Waals surface area (Å²) in [6, 6.07) is 14.4. The summed E-state index contributed by atoms with van der Waals surface area (Å²) in [7, 11) is 0. The van der Waals surface area contributed by atoms with Gasteiger partial charge >= 0.3 is 0 Å². The lowest BCUT2D eigenvalue weighted by Gasteiger charge is -2.13. The molecule has 0 heterocycles. The highest BCUT2D eigenvalue weighted by Crippen LogP contribution is 2.21. The van der Waals surface area contributed by atoms with E-state index in [0.29, 0.717) is 13.0 Å². The molecule has 0 bridgehead atoms. The van der Waals surface area contributed by atoms with Crippen LogP contribution in [0.5, 0.6) is 0 Å². The van der Waals surface area contributed by atoms with Crippen molar-refractivity contribution >= 4 is 11.6 Å². The van der Waals surface area contributed by atoms with Gasteiger partial charge in [-0.1, -0.05) is 48.0 Å². The second-order valence-electron chi connectivity index (χ2n) is 5.73. The molecule has 0 aliphatic rings. The number of carbonyl (C=O) groups excluding carboxylic acids is 1. The van der Waals surface area contributed by atoms with Gasteiger partial charge in [0.1, 0.15) is 0 Å². The number of benzene rings is 2. The molecular formula is C19H24N2O. The topological polar surface area (TPSA) is 41.1 Å². The molecule has 0 aliphatic carbocycles. The highest BCUT2D eigenvalue weighted by molar-refractivity contribution is 5.92. The first-order chi connectivity index (χ1) is 10.6. The van der Waals surface area contributed by atoms with Crippen molar-refractivity contribution in [1.82, 2.24) is 5.32 Å². The van der Waals surface area contributed by atoms with E-state index >= 15 is 0 Å². The summed E-state index contributed by atoms with van der Waals surface area (Å²) < 4.78 is 0. The van der Waals surface area contributed by atoms with Crippen LogP contribution in [0.3, 0.4) is 0 Å². The van der Waals surface area contributed by atoms with Crippen LogP contribution < -0.4 is 10.6 Å². The Morgan fingerprint density at radius 2 is 1.64 bits per heavy atom. The molecule has 0 aromatic heterocycles. The summed E-state index contributed by atoms with van der Waals surface area (Å²) in [5.74, 6) is 0.0515. The molecule has 2 N–H and O–H groups in total. The van der Waals surface area contributed by atoms with Crippen molar-refractivity contribution in [2.75, 3.05) is 11.9 Å². The monoisotopic (exact) mass is 296 g/mol. The fourth-order valence-electron chi connectivity index (χ4n) is 2.61. The molecule has 3 heteroatoms. The molecule has 22 heavy (non-hydrogen) atoms. The zero-order valence-electron chi connectivity index (χ0n) is 13.6. The maximum absolute atomic E-state index is 12.1. The van der Waals surface area contributed by atoms with Gasteiger partial charge in [-0.25, -0.2) is 0 Å². The van der Waals surface area contributed by atoms with Crippen molar-refractivity contribution in [1.29, 1.82) is 0 Å². The van der Waals surface area contributed by atoms with Gasteiger partial charge in [-0.2, -0.15) is 0 Å². The Bertz CT molecular complexity index is 612. The van der Waals surface area contributed by atoms with Gasteiger partial charge in [0.25, 0.3) is 0 Å². The average molecular weight is 296 g/mol. The van der Waals surface area contributed by atoms with Crippen molar-refractivity contribution in [3.63, 3.8) is 0 Å². The Kier molecular flexibility index (Phi) is 5.73.